The Morgan fingerprint density at radius 3 is 1.41 bits per heavy atom. The van der Waals surface area contributed by atoms with Crippen molar-refractivity contribution in [3.05, 3.63) is 281 Å². The van der Waals surface area contributed by atoms with Crippen molar-refractivity contribution in [3.8, 4) is 28.4 Å². The minimum atomic E-state index is -0.437. The second-order valence-corrected chi connectivity index (χ2v) is 28.4. The standard InChI is InChI=1S/C81H81N4O.Pt/c1-76(2,3)59-40-41-82-75(48-59)85-71-39-36-55(54-28-20-16-21-29-54)42-68(71)67-38-37-65(50-72(67)85)86-66-47-62(81(14,15)58-34-26-19-27-35-58)46-64(49-66)84-53-83(73-51-69(77(4,5)6)70(52-74(73)84)78(7,8)9)63-44-60(79(10,11)56-30-22-17-23-31-56)43-61(45-63)80(12,13)57-32-24-18-25-33-57;/h16-48,51-53H,1-15H3;/q-3;. The monoisotopic (exact) mass is 1320 g/mol. The number of anilines is 4. The van der Waals surface area contributed by atoms with Crippen LogP contribution in [0.5, 0.6) is 11.5 Å². The van der Waals surface area contributed by atoms with E-state index in [0.717, 1.165) is 61.5 Å². The van der Waals surface area contributed by atoms with Crippen LogP contribution in [-0.2, 0) is 53.6 Å². The van der Waals surface area contributed by atoms with E-state index in [1.165, 1.54) is 50.1 Å². The minimum absolute atomic E-state index is 0. The average molecular weight is 1320 g/mol. The van der Waals surface area contributed by atoms with E-state index in [4.69, 9.17) is 9.72 Å². The van der Waals surface area contributed by atoms with Gasteiger partial charge in [-0.3, -0.25) is 0 Å². The Labute approximate surface area is 532 Å². The van der Waals surface area contributed by atoms with Gasteiger partial charge in [0.2, 0.25) is 0 Å². The van der Waals surface area contributed by atoms with Crippen molar-refractivity contribution in [1.29, 1.82) is 0 Å². The van der Waals surface area contributed by atoms with Gasteiger partial charge < -0.3 is 19.1 Å². The smallest absolute Gasteiger partial charge is 0.135 e. The molecule has 0 radical (unpaired) electrons. The predicted molar refractivity (Wildman–Crippen MR) is 361 cm³/mol. The Balaban J connectivity index is 0.00000784. The summed E-state index contributed by atoms with van der Waals surface area (Å²) in [5, 5.41) is 2.19. The van der Waals surface area contributed by atoms with Crippen molar-refractivity contribution in [2.45, 2.75) is 136 Å². The summed E-state index contributed by atoms with van der Waals surface area (Å²) < 4.78 is 9.50. The number of pyridine rings is 1. The molecule has 0 saturated heterocycles. The summed E-state index contributed by atoms with van der Waals surface area (Å²) in [6.45, 7) is 37.1. The molecule has 12 rings (SSSR count). The van der Waals surface area contributed by atoms with Crippen LogP contribution in [0.1, 0.15) is 154 Å². The molecular weight excluding hydrogens is 1240 g/mol. The fourth-order valence-electron chi connectivity index (χ4n) is 12.6. The first kappa shape index (κ1) is 60.7. The van der Waals surface area contributed by atoms with Crippen LogP contribution in [0, 0.1) is 18.8 Å². The van der Waals surface area contributed by atoms with Crippen molar-refractivity contribution in [2.75, 3.05) is 9.80 Å². The van der Waals surface area contributed by atoms with Crippen LogP contribution in [0.4, 0.5) is 22.7 Å². The van der Waals surface area contributed by atoms with Crippen LogP contribution in [0.15, 0.2) is 212 Å². The van der Waals surface area contributed by atoms with Gasteiger partial charge in [0.15, 0.2) is 0 Å². The van der Waals surface area contributed by atoms with Gasteiger partial charge in [-0.05, 0) is 125 Å². The predicted octanol–water partition coefficient (Wildman–Crippen LogP) is 21.5. The maximum absolute atomic E-state index is 7.25. The Hall–Kier alpha value is -7.98. The number of nitrogens with zero attached hydrogens (tertiary/aromatic N) is 4. The van der Waals surface area contributed by atoms with Crippen LogP contribution in [0.25, 0.3) is 38.8 Å². The minimum Gasteiger partial charge on any atom is -0.509 e. The van der Waals surface area contributed by atoms with E-state index in [-0.39, 0.29) is 48.1 Å². The van der Waals surface area contributed by atoms with Crippen LogP contribution < -0.4 is 14.5 Å². The number of aromatic nitrogens is 2. The van der Waals surface area contributed by atoms with Crippen LogP contribution >= 0.6 is 0 Å². The number of hydrogen-bond acceptors (Lipinski definition) is 4. The molecule has 5 nitrogen and oxygen atoms in total. The van der Waals surface area contributed by atoms with Gasteiger partial charge in [0.25, 0.3) is 0 Å². The molecule has 0 aliphatic carbocycles. The molecule has 6 heteroatoms. The normalized spacial score (nSPS) is 13.3. The van der Waals surface area contributed by atoms with E-state index >= 15 is 0 Å². The zero-order chi connectivity index (χ0) is 60.7. The number of hydrogen-bond donors (Lipinski definition) is 0. The summed E-state index contributed by atoms with van der Waals surface area (Å²) in [5.41, 5.74) is 18.0. The molecule has 9 aromatic carbocycles. The molecule has 0 fully saturated rings. The number of fused-ring (bicyclic) bond motifs is 4. The van der Waals surface area contributed by atoms with Crippen molar-refractivity contribution < 1.29 is 25.8 Å². The molecule has 0 unspecified atom stereocenters. The van der Waals surface area contributed by atoms with Gasteiger partial charge in [-0.25, -0.2) is 4.98 Å². The Morgan fingerprint density at radius 2 is 0.897 bits per heavy atom. The van der Waals surface area contributed by atoms with Gasteiger partial charge in [0, 0.05) is 72.2 Å². The van der Waals surface area contributed by atoms with Gasteiger partial charge >= 0.3 is 0 Å². The van der Waals surface area contributed by atoms with Crippen LogP contribution in [-0.4, -0.2) is 9.55 Å². The molecule has 87 heavy (non-hydrogen) atoms. The zero-order valence-corrected chi connectivity index (χ0v) is 55.6. The van der Waals surface area contributed by atoms with Crippen molar-refractivity contribution in [1.82, 2.24) is 9.55 Å². The Kier molecular flexibility index (Phi) is 15.8. The first-order valence-electron chi connectivity index (χ1n) is 30.5. The van der Waals surface area contributed by atoms with Gasteiger partial charge in [-0.15, -0.1) is 53.6 Å². The molecule has 0 N–H and O–H groups in total. The Bertz CT molecular complexity index is 4240. The van der Waals surface area contributed by atoms with E-state index in [2.05, 4.69) is 343 Å². The summed E-state index contributed by atoms with van der Waals surface area (Å²) in [7, 11) is 0. The molecule has 0 amide bonds. The molecule has 0 spiro atoms. The summed E-state index contributed by atoms with van der Waals surface area (Å²) in [4.78, 5) is 9.83. The van der Waals surface area contributed by atoms with E-state index < -0.39 is 5.41 Å². The first-order chi connectivity index (χ1) is 40.8. The van der Waals surface area contributed by atoms with E-state index in [1.54, 1.807) is 0 Å². The second-order valence-electron chi connectivity index (χ2n) is 28.4. The second kappa shape index (κ2) is 22.6. The van der Waals surface area contributed by atoms with Crippen molar-refractivity contribution >= 4 is 44.6 Å². The summed E-state index contributed by atoms with van der Waals surface area (Å²) in [6.07, 6.45) is 1.93. The van der Waals surface area contributed by atoms with Crippen molar-refractivity contribution in [3.63, 3.8) is 0 Å². The molecule has 0 bridgehead atoms. The fourth-order valence-corrected chi connectivity index (χ4v) is 12.6. The van der Waals surface area contributed by atoms with E-state index in [0.29, 0.717) is 11.5 Å². The van der Waals surface area contributed by atoms with Crippen molar-refractivity contribution in [2.24, 2.45) is 0 Å². The molecule has 3 heterocycles. The number of benzene rings is 9. The summed E-state index contributed by atoms with van der Waals surface area (Å²) in [6, 6.07) is 83.0. The largest absolute Gasteiger partial charge is 0.509 e. The SMILES string of the molecule is CC(C)(C)c1ccnc(-n2c3[c-]c(Oc4[c-]c(N5[CH-]N(c6cc(C(C)(C)c7ccccc7)cc(C(C)(C)c7ccccc7)c6)c6cc(C(C)(C)C)c(C(C)(C)C)cc65)cc(C(C)(C)c5ccccc5)c4)ccc3c3cc(-c4ccccc4)ccc32)c1.[Pt]. The third-order valence-corrected chi connectivity index (χ3v) is 18.2. The van der Waals surface area contributed by atoms with E-state index in [1.807, 2.05) is 6.20 Å². The van der Waals surface area contributed by atoms with Gasteiger partial charge in [0.05, 0.1) is 0 Å². The molecule has 0 atom stereocenters. The average Bonchev–Trinajstić information content (AvgIpc) is 1.76. The van der Waals surface area contributed by atoms with Gasteiger partial charge in [-0.1, -0.05) is 249 Å². The molecule has 1 aliphatic rings. The molecule has 2 aromatic heterocycles. The number of ether oxygens (including phenoxy) is 1. The fraction of sp³-hybridized carbons (Fsp3) is 0.259. The van der Waals surface area contributed by atoms with Crippen LogP contribution in [0.3, 0.4) is 0 Å². The molecule has 0 saturated carbocycles. The quantitative estimate of drug-likeness (QED) is 0.114. The molecule has 1 aliphatic heterocycles. The van der Waals surface area contributed by atoms with Crippen LogP contribution in [0.2, 0.25) is 0 Å². The maximum atomic E-state index is 7.25. The van der Waals surface area contributed by atoms with E-state index in [9.17, 15) is 0 Å². The molecule has 11 aromatic rings. The zero-order valence-electron chi connectivity index (χ0n) is 53.3. The van der Waals surface area contributed by atoms with Gasteiger partial charge in [0.1, 0.15) is 5.82 Å². The molecular formula is C81H81N4OPt-3. The summed E-state index contributed by atoms with van der Waals surface area (Å²) >= 11 is 0. The summed E-state index contributed by atoms with van der Waals surface area (Å²) in [5.74, 6) is 2.01. The third kappa shape index (κ3) is 11.5. The number of rotatable bonds is 12. The third-order valence-electron chi connectivity index (χ3n) is 18.2. The topological polar surface area (TPSA) is 33.5 Å². The first-order valence-corrected chi connectivity index (χ1v) is 30.5. The maximum Gasteiger partial charge on any atom is 0.135 e. The Morgan fingerprint density at radius 1 is 0.391 bits per heavy atom. The molecule has 444 valence electrons. The van der Waals surface area contributed by atoms with Gasteiger partial charge in [-0.2, -0.15) is 6.07 Å².